The zero-order valence-electron chi connectivity index (χ0n) is 29.6. The fraction of sp³-hybridized carbons (Fsp3) is 0.615. The van der Waals surface area contributed by atoms with Crippen LogP contribution in [0.25, 0.3) is 0 Å². The van der Waals surface area contributed by atoms with Crippen LogP contribution >= 0.6 is 0 Å². The number of rotatable bonds is 9. The van der Waals surface area contributed by atoms with E-state index < -0.39 is 12.1 Å². The number of urea groups is 1. The number of amides is 4. The van der Waals surface area contributed by atoms with Gasteiger partial charge < -0.3 is 30.2 Å². The average Bonchev–Trinajstić information content (AvgIpc) is 3.50. The quantitative estimate of drug-likeness (QED) is 0.351. The zero-order chi connectivity index (χ0) is 34.2. The third-order valence-electron chi connectivity index (χ3n) is 11.2. The second-order valence-corrected chi connectivity index (χ2v) is 14.3. The van der Waals surface area contributed by atoms with Crippen molar-refractivity contribution in [2.45, 2.75) is 109 Å². The number of hydrogen-bond acceptors (Lipinski definition) is 6. The van der Waals surface area contributed by atoms with Crippen LogP contribution in [0, 0.1) is 0 Å². The molecule has 49 heavy (non-hydrogen) atoms. The Morgan fingerprint density at radius 3 is 2.24 bits per heavy atom. The maximum absolute atomic E-state index is 14.1. The number of aryl methyl sites for hydroxylation is 2. The number of likely N-dealkylation sites (tertiary alicyclic amines) is 2. The van der Waals surface area contributed by atoms with Crippen LogP contribution in [-0.4, -0.2) is 102 Å². The van der Waals surface area contributed by atoms with E-state index >= 15 is 0 Å². The van der Waals surface area contributed by atoms with Crippen molar-refractivity contribution in [2.24, 2.45) is 0 Å². The zero-order valence-corrected chi connectivity index (χ0v) is 29.6. The summed E-state index contributed by atoms with van der Waals surface area (Å²) in [5.41, 5.74) is 5.69. The minimum atomic E-state index is -0.709. The Balaban J connectivity index is 1.05. The molecule has 0 unspecified atom stereocenters. The molecule has 0 saturated carbocycles. The largest absolute Gasteiger partial charge is 0.426 e. The molecule has 10 heteroatoms. The molecule has 3 fully saturated rings. The molecule has 4 amide bonds. The lowest BCUT2D eigenvalue weighted by Gasteiger charge is -2.39. The highest BCUT2D eigenvalue weighted by molar-refractivity contribution is 5.91. The number of hydrogen-bond donors (Lipinski definition) is 2. The molecule has 4 aliphatic heterocycles. The van der Waals surface area contributed by atoms with Crippen molar-refractivity contribution in [2.75, 3.05) is 51.1 Å². The smallest absolute Gasteiger partial charge is 0.351 e. The van der Waals surface area contributed by atoms with Crippen LogP contribution in [0.3, 0.4) is 0 Å². The third kappa shape index (κ3) is 8.94. The number of benzene rings is 2. The van der Waals surface area contributed by atoms with Crippen LogP contribution in [0.2, 0.25) is 0 Å². The van der Waals surface area contributed by atoms with Crippen LogP contribution < -0.4 is 10.6 Å². The van der Waals surface area contributed by atoms with E-state index in [0.29, 0.717) is 58.0 Å². The van der Waals surface area contributed by atoms with Crippen molar-refractivity contribution in [3.05, 3.63) is 64.7 Å². The molecular formula is C39H56N6O4. The van der Waals surface area contributed by atoms with Gasteiger partial charge >= 0.3 is 12.1 Å². The molecular weight excluding hydrogens is 616 g/mol. The van der Waals surface area contributed by atoms with Crippen LogP contribution in [0.4, 0.5) is 15.3 Å². The lowest BCUT2D eigenvalue weighted by Crippen LogP contribution is -2.55. The number of nitrogens with one attached hydrogen (secondary N) is 2. The molecule has 0 radical (unpaired) electrons. The van der Waals surface area contributed by atoms with Gasteiger partial charge in [0.15, 0.2) is 0 Å². The van der Waals surface area contributed by atoms with Crippen LogP contribution in [0.5, 0.6) is 0 Å². The monoisotopic (exact) mass is 672 g/mol. The van der Waals surface area contributed by atoms with Gasteiger partial charge in [-0.15, -0.1) is 5.06 Å². The van der Waals surface area contributed by atoms with Crippen molar-refractivity contribution in [3.8, 4) is 0 Å². The summed E-state index contributed by atoms with van der Waals surface area (Å²) in [5, 5.41) is 7.72. The van der Waals surface area contributed by atoms with Gasteiger partial charge in [-0.3, -0.25) is 4.79 Å². The Bertz CT molecular complexity index is 1430. The van der Waals surface area contributed by atoms with Gasteiger partial charge in [-0.05, 0) is 99.2 Å². The van der Waals surface area contributed by atoms with Gasteiger partial charge in [-0.1, -0.05) is 63.1 Å². The summed E-state index contributed by atoms with van der Waals surface area (Å²) in [7, 11) is 0. The van der Waals surface area contributed by atoms with Gasteiger partial charge in [0.2, 0.25) is 5.91 Å². The lowest BCUT2D eigenvalue weighted by atomic mass is 9.96. The molecule has 0 aliphatic carbocycles. The van der Waals surface area contributed by atoms with E-state index in [-0.39, 0.29) is 18.0 Å². The highest BCUT2D eigenvalue weighted by Gasteiger charge is 2.34. The van der Waals surface area contributed by atoms with Crippen molar-refractivity contribution in [1.82, 2.24) is 25.1 Å². The lowest BCUT2D eigenvalue weighted by molar-refractivity contribution is -0.137. The second kappa shape index (κ2) is 16.9. The van der Waals surface area contributed by atoms with Crippen molar-refractivity contribution < 1.29 is 19.2 Å². The van der Waals surface area contributed by atoms with Crippen LogP contribution in [0.15, 0.2) is 42.5 Å². The van der Waals surface area contributed by atoms with Gasteiger partial charge in [0.05, 0.1) is 0 Å². The molecule has 6 rings (SSSR count). The normalized spacial score (nSPS) is 20.9. The molecule has 3 saturated heterocycles. The van der Waals surface area contributed by atoms with Gasteiger partial charge in [0, 0.05) is 56.9 Å². The highest BCUT2D eigenvalue weighted by Crippen LogP contribution is 2.26. The number of carbonyl (C=O) groups excluding carboxylic acids is 3. The first-order valence-corrected chi connectivity index (χ1v) is 18.9. The predicted molar refractivity (Wildman–Crippen MR) is 192 cm³/mol. The summed E-state index contributed by atoms with van der Waals surface area (Å²) in [4.78, 5) is 52.9. The summed E-state index contributed by atoms with van der Waals surface area (Å²) >= 11 is 0. The molecule has 0 bridgehead atoms. The number of piperidine rings is 2. The van der Waals surface area contributed by atoms with Crippen molar-refractivity contribution in [3.63, 3.8) is 0 Å². The van der Waals surface area contributed by atoms with Crippen LogP contribution in [-0.2, 0) is 35.3 Å². The minimum Gasteiger partial charge on any atom is -0.351 e. The number of anilines is 1. The molecule has 2 aromatic rings. The summed E-state index contributed by atoms with van der Waals surface area (Å²) in [6.07, 6.45) is 11.1. The average molecular weight is 673 g/mol. The molecule has 2 aromatic carbocycles. The standard InChI is InChI=1S/C39H56N6O4/c1-3-30-14-13-29(27-31(30)4-2)28-36(37(46)43-22-16-33(17-23-43)42-20-9-5-6-10-21-42)41-39(48)49-44-24-18-34(19-25-44)45-26-15-32-11-7-8-12-35(32)40-38(45)47/h7-8,11-14,27,33-34,36H,3-6,9-10,15-26,28H2,1-2H3,(H,40,47)(H,41,48)/t36-/m1/s1. The SMILES string of the molecule is CCc1ccc(C[C@@H](NC(=O)ON2CCC(N3CCc4ccccc4NC3=O)CC2)C(=O)N2CCC(N3CCCCCC3)CC2)cc1CC. The Morgan fingerprint density at radius 2 is 1.53 bits per heavy atom. The van der Waals surface area contributed by atoms with E-state index in [4.69, 9.17) is 4.84 Å². The first-order valence-electron chi connectivity index (χ1n) is 18.9. The van der Waals surface area contributed by atoms with Gasteiger partial charge in [-0.25, -0.2) is 9.59 Å². The van der Waals surface area contributed by atoms with Crippen molar-refractivity contribution in [1.29, 1.82) is 0 Å². The predicted octanol–water partition coefficient (Wildman–Crippen LogP) is 5.79. The summed E-state index contributed by atoms with van der Waals surface area (Å²) in [6, 6.07) is 14.2. The highest BCUT2D eigenvalue weighted by atomic mass is 16.7. The van der Waals surface area contributed by atoms with E-state index in [1.165, 1.54) is 49.9 Å². The summed E-state index contributed by atoms with van der Waals surface area (Å²) in [5.74, 6) is -0.0317. The molecule has 1 atom stereocenters. The maximum atomic E-state index is 14.1. The number of para-hydroxylation sites is 1. The Labute approximate surface area is 292 Å². The Kier molecular flexibility index (Phi) is 12.1. The fourth-order valence-electron chi connectivity index (χ4n) is 8.32. The third-order valence-corrected chi connectivity index (χ3v) is 11.2. The second-order valence-electron chi connectivity index (χ2n) is 14.3. The molecule has 10 nitrogen and oxygen atoms in total. The fourth-order valence-corrected chi connectivity index (χ4v) is 8.32. The van der Waals surface area contributed by atoms with Crippen molar-refractivity contribution >= 4 is 23.7 Å². The van der Waals surface area contributed by atoms with E-state index in [9.17, 15) is 14.4 Å². The minimum absolute atomic E-state index is 0.0317. The topological polar surface area (TPSA) is 97.5 Å². The van der Waals surface area contributed by atoms with Gasteiger partial charge in [0.1, 0.15) is 6.04 Å². The van der Waals surface area contributed by atoms with E-state index in [1.54, 1.807) is 5.06 Å². The summed E-state index contributed by atoms with van der Waals surface area (Å²) < 4.78 is 0. The Hall–Kier alpha value is -3.63. The molecule has 0 spiro atoms. The maximum Gasteiger partial charge on any atom is 0.426 e. The van der Waals surface area contributed by atoms with Crippen LogP contribution in [0.1, 0.15) is 87.5 Å². The number of carbonyl (C=O) groups is 3. The first-order chi connectivity index (χ1) is 23.9. The molecule has 4 aliphatic rings. The number of fused-ring (bicyclic) bond motifs is 1. The number of hydroxylamine groups is 2. The number of nitrogens with zero attached hydrogens (tertiary/aromatic N) is 4. The first kappa shape index (κ1) is 35.2. The van der Waals surface area contributed by atoms with E-state index in [1.807, 2.05) is 28.0 Å². The van der Waals surface area contributed by atoms with Gasteiger partial charge in [0.25, 0.3) is 0 Å². The van der Waals surface area contributed by atoms with E-state index in [0.717, 1.165) is 48.9 Å². The molecule has 4 heterocycles. The summed E-state index contributed by atoms with van der Waals surface area (Å²) in [6.45, 7) is 9.79. The Morgan fingerprint density at radius 1 is 0.837 bits per heavy atom. The molecule has 2 N–H and O–H groups in total. The van der Waals surface area contributed by atoms with Gasteiger partial charge in [-0.2, -0.15) is 0 Å². The molecule has 266 valence electrons. The molecule has 0 aromatic heterocycles. The van der Waals surface area contributed by atoms with E-state index in [2.05, 4.69) is 53.6 Å².